The van der Waals surface area contributed by atoms with Crippen LogP contribution in [-0.2, 0) is 9.59 Å². The zero-order valence-electron chi connectivity index (χ0n) is 8.11. The first-order chi connectivity index (χ1) is 6.70. The van der Waals surface area contributed by atoms with Gasteiger partial charge in [0.2, 0.25) is 11.6 Å². The molecular formula is C10H15NO3. The Morgan fingerprint density at radius 2 is 1.71 bits per heavy atom. The highest BCUT2D eigenvalue weighted by molar-refractivity contribution is 6.42. The van der Waals surface area contributed by atoms with Crippen LogP contribution in [0.2, 0.25) is 0 Å². The molecule has 0 aromatic heterocycles. The number of aliphatic hydroxyl groups is 1. The summed E-state index contributed by atoms with van der Waals surface area (Å²) in [6, 6.07) is -0.335. The lowest BCUT2D eigenvalue weighted by Crippen LogP contribution is -2.42. The van der Waals surface area contributed by atoms with Crippen molar-refractivity contribution in [2.45, 2.75) is 37.8 Å². The maximum absolute atomic E-state index is 11.5. The number of nitrogens with zero attached hydrogens (tertiary/aromatic N) is 1. The first-order valence-corrected chi connectivity index (χ1v) is 5.20. The van der Waals surface area contributed by atoms with Crippen LogP contribution in [0.5, 0.6) is 0 Å². The third kappa shape index (κ3) is 1.60. The number of hydrogen-bond acceptors (Lipinski definition) is 4. The van der Waals surface area contributed by atoms with Gasteiger partial charge in [-0.15, -0.1) is 0 Å². The predicted molar refractivity (Wildman–Crippen MR) is 49.8 cm³/mol. The zero-order chi connectivity index (χ0) is 10.1. The van der Waals surface area contributed by atoms with Crippen LogP contribution in [-0.4, -0.2) is 46.8 Å². The number of carbonyl (C=O) groups is 2. The fourth-order valence-electron chi connectivity index (χ4n) is 2.30. The van der Waals surface area contributed by atoms with Crippen LogP contribution in [0.3, 0.4) is 0 Å². The highest BCUT2D eigenvalue weighted by atomic mass is 16.3. The van der Waals surface area contributed by atoms with Gasteiger partial charge in [0.05, 0.1) is 6.04 Å². The van der Waals surface area contributed by atoms with Crippen LogP contribution < -0.4 is 0 Å². The van der Waals surface area contributed by atoms with Gasteiger partial charge in [0.25, 0.3) is 0 Å². The minimum absolute atomic E-state index is 0.303. The first kappa shape index (κ1) is 9.80. The molecule has 2 aliphatic rings. The van der Waals surface area contributed by atoms with Crippen LogP contribution in [0.1, 0.15) is 25.7 Å². The summed E-state index contributed by atoms with van der Waals surface area (Å²) in [5.74, 6) is -0.986. The Balaban J connectivity index is 2.04. The predicted octanol–water partition coefficient (Wildman–Crippen LogP) is -0.256. The van der Waals surface area contributed by atoms with Crippen LogP contribution in [0.25, 0.3) is 0 Å². The quantitative estimate of drug-likeness (QED) is 0.589. The van der Waals surface area contributed by atoms with Gasteiger partial charge in [-0.3, -0.25) is 14.5 Å². The van der Waals surface area contributed by atoms with Gasteiger partial charge in [0, 0.05) is 6.42 Å². The lowest BCUT2D eigenvalue weighted by molar-refractivity contribution is -0.139. The van der Waals surface area contributed by atoms with Crippen molar-refractivity contribution in [2.24, 2.45) is 0 Å². The minimum atomic E-state index is -1.05. The van der Waals surface area contributed by atoms with E-state index in [4.69, 9.17) is 0 Å². The van der Waals surface area contributed by atoms with Gasteiger partial charge >= 0.3 is 0 Å². The van der Waals surface area contributed by atoms with Crippen LogP contribution in [0, 0.1) is 0 Å². The van der Waals surface area contributed by atoms with Crippen molar-refractivity contribution in [1.82, 2.24) is 4.90 Å². The molecule has 78 valence electrons. The molecule has 2 atom stereocenters. The number of likely N-dealkylation sites (tertiary alicyclic amines) is 1. The highest BCUT2D eigenvalue weighted by Gasteiger charge is 2.42. The van der Waals surface area contributed by atoms with Crippen molar-refractivity contribution in [3.63, 3.8) is 0 Å². The molecule has 0 aromatic rings. The summed E-state index contributed by atoms with van der Waals surface area (Å²) >= 11 is 0. The standard InChI is InChI=1S/C10H15NO3/c12-8-6-7(9(13)10(8)14)11-4-2-1-3-5-11/h7-8,12H,1-6H2. The lowest BCUT2D eigenvalue weighted by Gasteiger charge is -2.30. The molecule has 0 amide bonds. The van der Waals surface area contributed by atoms with Gasteiger partial charge in [0.15, 0.2) is 0 Å². The van der Waals surface area contributed by atoms with E-state index >= 15 is 0 Å². The normalized spacial score (nSPS) is 35.2. The van der Waals surface area contributed by atoms with Gasteiger partial charge in [0.1, 0.15) is 6.10 Å². The molecule has 2 rings (SSSR count). The molecule has 2 unspecified atom stereocenters. The van der Waals surface area contributed by atoms with Gasteiger partial charge in [-0.2, -0.15) is 0 Å². The number of carbonyl (C=O) groups excluding carboxylic acids is 2. The SMILES string of the molecule is O=C1C(=O)C(N2CCCCC2)CC1O. The first-order valence-electron chi connectivity index (χ1n) is 5.20. The summed E-state index contributed by atoms with van der Waals surface area (Å²) in [7, 11) is 0. The summed E-state index contributed by atoms with van der Waals surface area (Å²) in [4.78, 5) is 24.6. The average molecular weight is 197 g/mol. The molecule has 4 heteroatoms. The molecule has 14 heavy (non-hydrogen) atoms. The van der Waals surface area contributed by atoms with Crippen molar-refractivity contribution >= 4 is 11.6 Å². The van der Waals surface area contributed by atoms with Crippen LogP contribution in [0.4, 0.5) is 0 Å². The molecule has 1 saturated heterocycles. The van der Waals surface area contributed by atoms with E-state index in [0.29, 0.717) is 6.42 Å². The topological polar surface area (TPSA) is 57.6 Å². The van der Waals surface area contributed by atoms with Crippen molar-refractivity contribution in [3.05, 3.63) is 0 Å². The second kappa shape index (κ2) is 3.79. The monoisotopic (exact) mass is 197 g/mol. The largest absolute Gasteiger partial charge is 0.385 e. The number of ketones is 2. The molecular weight excluding hydrogens is 182 g/mol. The summed E-state index contributed by atoms with van der Waals surface area (Å²) in [5, 5.41) is 9.27. The Hall–Kier alpha value is -0.740. The number of aliphatic hydroxyl groups excluding tert-OH is 1. The number of rotatable bonds is 1. The maximum Gasteiger partial charge on any atom is 0.228 e. The summed E-state index contributed by atoms with van der Waals surface area (Å²) in [6.45, 7) is 1.77. The number of Topliss-reactive ketones (excluding diaryl/α,β-unsaturated/α-hetero) is 2. The lowest BCUT2D eigenvalue weighted by atomic mass is 10.1. The maximum atomic E-state index is 11.5. The van der Waals surface area contributed by atoms with E-state index in [1.807, 2.05) is 4.90 Å². The Morgan fingerprint density at radius 1 is 1.07 bits per heavy atom. The van der Waals surface area contributed by atoms with E-state index in [1.165, 1.54) is 6.42 Å². The zero-order valence-corrected chi connectivity index (χ0v) is 8.11. The highest BCUT2D eigenvalue weighted by Crippen LogP contribution is 2.21. The van der Waals surface area contributed by atoms with E-state index in [-0.39, 0.29) is 11.8 Å². The molecule has 1 saturated carbocycles. The Bertz CT molecular complexity index is 258. The molecule has 1 aliphatic carbocycles. The van der Waals surface area contributed by atoms with Gasteiger partial charge in [-0.1, -0.05) is 6.42 Å². The summed E-state index contributed by atoms with van der Waals surface area (Å²) in [6.07, 6.45) is 2.64. The van der Waals surface area contributed by atoms with Crippen LogP contribution >= 0.6 is 0 Å². The second-order valence-electron chi connectivity index (χ2n) is 4.09. The van der Waals surface area contributed by atoms with Gasteiger partial charge in [-0.25, -0.2) is 0 Å². The van der Waals surface area contributed by atoms with E-state index in [2.05, 4.69) is 0 Å². The molecule has 0 bridgehead atoms. The number of piperidine rings is 1. The van der Waals surface area contributed by atoms with E-state index in [1.54, 1.807) is 0 Å². The fourth-order valence-corrected chi connectivity index (χ4v) is 2.30. The van der Waals surface area contributed by atoms with Gasteiger partial charge < -0.3 is 5.11 Å². The molecule has 1 heterocycles. The minimum Gasteiger partial charge on any atom is -0.385 e. The van der Waals surface area contributed by atoms with E-state index < -0.39 is 11.9 Å². The Morgan fingerprint density at radius 3 is 2.21 bits per heavy atom. The molecule has 1 N–H and O–H groups in total. The van der Waals surface area contributed by atoms with Gasteiger partial charge in [-0.05, 0) is 25.9 Å². The van der Waals surface area contributed by atoms with Crippen molar-refractivity contribution in [2.75, 3.05) is 13.1 Å². The van der Waals surface area contributed by atoms with Crippen molar-refractivity contribution in [3.8, 4) is 0 Å². The molecule has 0 spiro atoms. The smallest absolute Gasteiger partial charge is 0.228 e. The number of hydrogen-bond donors (Lipinski definition) is 1. The fraction of sp³-hybridized carbons (Fsp3) is 0.800. The van der Waals surface area contributed by atoms with E-state index in [0.717, 1.165) is 25.9 Å². The molecule has 4 nitrogen and oxygen atoms in total. The van der Waals surface area contributed by atoms with Crippen molar-refractivity contribution < 1.29 is 14.7 Å². The third-order valence-corrected chi connectivity index (χ3v) is 3.13. The summed E-state index contributed by atoms with van der Waals surface area (Å²) in [5.41, 5.74) is 0. The molecule has 1 aliphatic heterocycles. The Kier molecular flexibility index (Phi) is 2.65. The third-order valence-electron chi connectivity index (χ3n) is 3.13. The van der Waals surface area contributed by atoms with E-state index in [9.17, 15) is 14.7 Å². The molecule has 2 fully saturated rings. The average Bonchev–Trinajstić information content (AvgIpc) is 2.47. The second-order valence-corrected chi connectivity index (χ2v) is 4.09. The molecule has 0 aromatic carbocycles. The molecule has 0 radical (unpaired) electrons. The van der Waals surface area contributed by atoms with Crippen LogP contribution in [0.15, 0.2) is 0 Å². The van der Waals surface area contributed by atoms with Crippen molar-refractivity contribution in [1.29, 1.82) is 0 Å². The summed E-state index contributed by atoms with van der Waals surface area (Å²) < 4.78 is 0. The Labute approximate surface area is 82.9 Å².